The molecule has 1 atom stereocenters. The summed E-state index contributed by atoms with van der Waals surface area (Å²) in [6.45, 7) is 6.56. The predicted molar refractivity (Wildman–Crippen MR) is 120 cm³/mol. The third kappa shape index (κ3) is 6.87. The van der Waals surface area contributed by atoms with Crippen LogP contribution in [0.15, 0.2) is 65.7 Å². The molecule has 1 aliphatic heterocycles. The van der Waals surface area contributed by atoms with Crippen LogP contribution in [0.2, 0.25) is 0 Å². The first-order valence-electron chi connectivity index (χ1n) is 10.6. The Kier molecular flexibility index (Phi) is 8.53. The lowest BCUT2D eigenvalue weighted by Gasteiger charge is -2.37. The van der Waals surface area contributed by atoms with E-state index in [0.29, 0.717) is 25.3 Å². The molecule has 5 heteroatoms. The topological polar surface area (TPSA) is 48.9 Å². The lowest BCUT2D eigenvalue weighted by Crippen LogP contribution is -2.49. The summed E-state index contributed by atoms with van der Waals surface area (Å²) in [5, 5.41) is 6.93. The number of nitrogens with one attached hydrogen (secondary N) is 2. The maximum atomic E-state index is 5.74. The molecule has 0 spiro atoms. The average Bonchev–Trinajstić information content (AvgIpc) is 2.79. The summed E-state index contributed by atoms with van der Waals surface area (Å²) in [7, 11) is 1.83. The fourth-order valence-electron chi connectivity index (χ4n) is 3.77. The highest BCUT2D eigenvalue weighted by atomic mass is 16.5. The molecular weight excluding hydrogens is 360 g/mol. The van der Waals surface area contributed by atoms with Gasteiger partial charge in [-0.05, 0) is 30.9 Å². The number of guanidine groups is 1. The van der Waals surface area contributed by atoms with Crippen LogP contribution in [0.1, 0.15) is 36.9 Å². The fraction of sp³-hybridized carbons (Fsp3) is 0.458. The smallest absolute Gasteiger partial charge is 0.191 e. The van der Waals surface area contributed by atoms with Crippen molar-refractivity contribution in [2.75, 3.05) is 33.3 Å². The van der Waals surface area contributed by atoms with E-state index in [1.807, 2.05) is 25.2 Å². The monoisotopic (exact) mass is 394 g/mol. The minimum Gasteiger partial charge on any atom is -0.375 e. The number of piperidine rings is 1. The van der Waals surface area contributed by atoms with Crippen molar-refractivity contribution >= 4 is 5.96 Å². The van der Waals surface area contributed by atoms with Crippen molar-refractivity contribution < 1.29 is 4.74 Å². The first-order valence-corrected chi connectivity index (χ1v) is 10.6. The molecule has 0 bridgehead atoms. The Balaban J connectivity index is 1.33. The molecule has 2 aromatic rings. The number of ether oxygens (including phenoxy) is 1. The second-order valence-electron chi connectivity index (χ2n) is 7.58. The van der Waals surface area contributed by atoms with E-state index in [1.54, 1.807) is 0 Å². The Morgan fingerprint density at radius 3 is 2.38 bits per heavy atom. The van der Waals surface area contributed by atoms with E-state index in [2.05, 4.69) is 69.9 Å². The predicted octanol–water partition coefficient (Wildman–Crippen LogP) is 3.59. The van der Waals surface area contributed by atoms with Gasteiger partial charge in [0.05, 0.1) is 13.2 Å². The summed E-state index contributed by atoms with van der Waals surface area (Å²) in [6.07, 6.45) is 2.25. The molecular formula is C24H34N4O. The zero-order valence-electron chi connectivity index (χ0n) is 17.7. The number of nitrogens with zero attached hydrogens (tertiary/aromatic N) is 2. The standard InChI is InChI=1S/C24H34N4O/c1-20(22-11-7-4-8-12-22)28-16-13-23(14-17-28)27-24(25-2)26-15-18-29-19-21-9-5-3-6-10-21/h3-12,20,23H,13-19H2,1-2H3,(H2,25,26,27). The molecule has 5 nitrogen and oxygen atoms in total. The van der Waals surface area contributed by atoms with Gasteiger partial charge in [-0.2, -0.15) is 0 Å². The first kappa shape index (κ1) is 21.3. The van der Waals surface area contributed by atoms with Gasteiger partial charge in [0.2, 0.25) is 0 Å². The quantitative estimate of drug-likeness (QED) is 0.408. The largest absolute Gasteiger partial charge is 0.375 e. The van der Waals surface area contributed by atoms with Gasteiger partial charge in [0.1, 0.15) is 0 Å². The highest BCUT2D eigenvalue weighted by molar-refractivity contribution is 5.79. The van der Waals surface area contributed by atoms with Crippen LogP contribution < -0.4 is 10.6 Å². The van der Waals surface area contributed by atoms with Crippen LogP contribution in [0, 0.1) is 0 Å². The first-order chi connectivity index (χ1) is 14.3. The molecule has 3 rings (SSSR count). The fourth-order valence-corrected chi connectivity index (χ4v) is 3.77. The van der Waals surface area contributed by atoms with Crippen molar-refractivity contribution in [3.63, 3.8) is 0 Å². The number of aliphatic imine (C=N–C) groups is 1. The van der Waals surface area contributed by atoms with E-state index < -0.39 is 0 Å². The average molecular weight is 395 g/mol. The zero-order valence-corrected chi connectivity index (χ0v) is 17.7. The van der Waals surface area contributed by atoms with Crippen LogP contribution >= 0.6 is 0 Å². The van der Waals surface area contributed by atoms with Crippen LogP contribution in [0.4, 0.5) is 0 Å². The van der Waals surface area contributed by atoms with E-state index in [-0.39, 0.29) is 0 Å². The summed E-state index contributed by atoms with van der Waals surface area (Å²) in [6, 6.07) is 22.0. The molecule has 0 amide bonds. The van der Waals surface area contributed by atoms with E-state index in [1.165, 1.54) is 11.1 Å². The van der Waals surface area contributed by atoms with Crippen molar-refractivity contribution in [1.29, 1.82) is 0 Å². The molecule has 1 saturated heterocycles. The van der Waals surface area contributed by atoms with E-state index in [4.69, 9.17) is 4.74 Å². The summed E-state index contributed by atoms with van der Waals surface area (Å²) >= 11 is 0. The van der Waals surface area contributed by atoms with Gasteiger partial charge < -0.3 is 15.4 Å². The highest BCUT2D eigenvalue weighted by Crippen LogP contribution is 2.23. The van der Waals surface area contributed by atoms with Crippen molar-refractivity contribution in [3.05, 3.63) is 71.8 Å². The summed E-state index contributed by atoms with van der Waals surface area (Å²) in [5.74, 6) is 0.864. The molecule has 29 heavy (non-hydrogen) atoms. The molecule has 1 aliphatic rings. The lowest BCUT2D eigenvalue weighted by molar-refractivity contribution is 0.125. The molecule has 0 aromatic heterocycles. The van der Waals surface area contributed by atoms with E-state index >= 15 is 0 Å². The van der Waals surface area contributed by atoms with Crippen molar-refractivity contribution in [2.24, 2.45) is 4.99 Å². The SMILES string of the molecule is CN=C(NCCOCc1ccccc1)NC1CCN(C(C)c2ccccc2)CC1. The van der Waals surface area contributed by atoms with Gasteiger partial charge in [-0.25, -0.2) is 0 Å². The molecule has 156 valence electrons. The Bertz CT molecular complexity index is 727. The van der Waals surface area contributed by atoms with Gasteiger partial charge in [0, 0.05) is 38.8 Å². The molecule has 0 saturated carbocycles. The van der Waals surface area contributed by atoms with Crippen molar-refractivity contribution in [1.82, 2.24) is 15.5 Å². The molecule has 1 heterocycles. The van der Waals surface area contributed by atoms with E-state index in [9.17, 15) is 0 Å². The van der Waals surface area contributed by atoms with Gasteiger partial charge in [0.15, 0.2) is 5.96 Å². The second-order valence-corrected chi connectivity index (χ2v) is 7.58. The Hall–Kier alpha value is -2.37. The van der Waals surface area contributed by atoms with E-state index in [0.717, 1.165) is 38.4 Å². The van der Waals surface area contributed by atoms with Gasteiger partial charge in [-0.1, -0.05) is 60.7 Å². The Labute approximate surface area is 175 Å². The summed E-state index contributed by atoms with van der Waals surface area (Å²) in [4.78, 5) is 6.94. The number of likely N-dealkylation sites (tertiary alicyclic amines) is 1. The van der Waals surface area contributed by atoms with Crippen LogP contribution in [0.3, 0.4) is 0 Å². The third-order valence-electron chi connectivity index (χ3n) is 5.57. The van der Waals surface area contributed by atoms with Gasteiger partial charge in [0.25, 0.3) is 0 Å². The number of hydrogen-bond donors (Lipinski definition) is 2. The van der Waals surface area contributed by atoms with Crippen LogP contribution in [-0.4, -0.2) is 50.2 Å². The molecule has 0 aliphatic carbocycles. The van der Waals surface area contributed by atoms with Crippen molar-refractivity contribution in [2.45, 2.75) is 38.5 Å². The Morgan fingerprint density at radius 2 is 1.72 bits per heavy atom. The van der Waals surface area contributed by atoms with Gasteiger partial charge in [-0.15, -0.1) is 0 Å². The maximum Gasteiger partial charge on any atom is 0.191 e. The molecule has 1 unspecified atom stereocenters. The number of hydrogen-bond acceptors (Lipinski definition) is 3. The lowest BCUT2D eigenvalue weighted by atomic mass is 10.0. The van der Waals surface area contributed by atoms with Gasteiger partial charge in [-0.3, -0.25) is 9.89 Å². The normalized spacial score (nSPS) is 17.1. The molecule has 0 radical (unpaired) electrons. The summed E-state index contributed by atoms with van der Waals surface area (Å²) < 4.78 is 5.74. The zero-order chi connectivity index (χ0) is 20.3. The third-order valence-corrected chi connectivity index (χ3v) is 5.57. The second kappa shape index (κ2) is 11.6. The number of benzene rings is 2. The number of rotatable bonds is 8. The van der Waals surface area contributed by atoms with Crippen LogP contribution in [-0.2, 0) is 11.3 Å². The maximum absolute atomic E-state index is 5.74. The minimum atomic E-state index is 0.464. The summed E-state index contributed by atoms with van der Waals surface area (Å²) in [5.41, 5.74) is 2.60. The molecule has 2 aromatic carbocycles. The molecule has 2 N–H and O–H groups in total. The van der Waals surface area contributed by atoms with Crippen molar-refractivity contribution in [3.8, 4) is 0 Å². The van der Waals surface area contributed by atoms with Gasteiger partial charge >= 0.3 is 0 Å². The minimum absolute atomic E-state index is 0.464. The highest BCUT2D eigenvalue weighted by Gasteiger charge is 2.23. The molecule has 1 fully saturated rings. The van der Waals surface area contributed by atoms with Crippen LogP contribution in [0.25, 0.3) is 0 Å². The van der Waals surface area contributed by atoms with Crippen LogP contribution in [0.5, 0.6) is 0 Å². The Morgan fingerprint density at radius 1 is 1.07 bits per heavy atom.